The highest BCUT2D eigenvalue weighted by molar-refractivity contribution is 5.80. The molecule has 1 heterocycles. The topological polar surface area (TPSA) is 39.2 Å². The molecule has 0 spiro atoms. The van der Waals surface area contributed by atoms with Gasteiger partial charge in [-0.25, -0.2) is 4.39 Å². The van der Waals surface area contributed by atoms with Crippen LogP contribution in [0.1, 0.15) is 19.4 Å². The summed E-state index contributed by atoms with van der Waals surface area (Å²) in [7, 11) is 0. The van der Waals surface area contributed by atoms with Gasteiger partial charge in [-0.1, -0.05) is 13.8 Å². The van der Waals surface area contributed by atoms with Gasteiger partial charge in [0.05, 0.1) is 6.26 Å². The van der Waals surface area contributed by atoms with Gasteiger partial charge in [-0.3, -0.25) is 0 Å². The number of nitrogens with two attached hydrogens (primary N) is 1. The highest BCUT2D eigenvalue weighted by atomic mass is 19.1. The molecule has 0 unspecified atom stereocenters. The standard InChI is InChI=1S/C9H7FO.C4H11N/c1-6-5-11-9-3-2-7(10)4-8(6)9;1-4(2)3-5/h2-5H,1H3;4H,3,5H2,1-2H3. The SMILES string of the molecule is CC(C)CN.Cc1coc2ccc(F)cc12. The maximum absolute atomic E-state index is 12.7. The van der Waals surface area contributed by atoms with Crippen LogP contribution in [0.3, 0.4) is 0 Å². The number of benzene rings is 1. The molecule has 2 rings (SSSR count). The van der Waals surface area contributed by atoms with E-state index in [2.05, 4.69) is 13.8 Å². The average molecular weight is 223 g/mol. The van der Waals surface area contributed by atoms with Crippen molar-refractivity contribution in [1.82, 2.24) is 0 Å². The fraction of sp³-hybridized carbons (Fsp3) is 0.385. The van der Waals surface area contributed by atoms with Gasteiger partial charge in [0.15, 0.2) is 0 Å². The third kappa shape index (κ3) is 3.35. The molecule has 0 aliphatic carbocycles. The molecule has 1 aromatic heterocycles. The van der Waals surface area contributed by atoms with Crippen LogP contribution in [0.4, 0.5) is 4.39 Å². The van der Waals surface area contributed by atoms with Gasteiger partial charge in [0.1, 0.15) is 11.4 Å². The molecular formula is C13H18FNO. The van der Waals surface area contributed by atoms with Gasteiger partial charge in [-0.2, -0.15) is 0 Å². The first-order valence-electron chi connectivity index (χ1n) is 5.38. The summed E-state index contributed by atoms with van der Waals surface area (Å²) in [6.07, 6.45) is 1.63. The Morgan fingerprint density at radius 3 is 2.56 bits per heavy atom. The van der Waals surface area contributed by atoms with E-state index < -0.39 is 0 Å². The molecule has 16 heavy (non-hydrogen) atoms. The van der Waals surface area contributed by atoms with Crippen LogP contribution in [0.2, 0.25) is 0 Å². The van der Waals surface area contributed by atoms with Crippen LogP contribution in [0.25, 0.3) is 11.0 Å². The highest BCUT2D eigenvalue weighted by Gasteiger charge is 2.01. The van der Waals surface area contributed by atoms with Crippen molar-refractivity contribution in [3.63, 3.8) is 0 Å². The quantitative estimate of drug-likeness (QED) is 0.803. The number of fused-ring (bicyclic) bond motifs is 1. The number of furan rings is 1. The number of halogens is 1. The van der Waals surface area contributed by atoms with Gasteiger partial charge < -0.3 is 10.2 Å². The van der Waals surface area contributed by atoms with E-state index in [0.29, 0.717) is 5.92 Å². The normalized spacial score (nSPS) is 10.4. The minimum Gasteiger partial charge on any atom is -0.464 e. The molecule has 0 fully saturated rings. The Kier molecular flexibility index (Phi) is 4.50. The monoisotopic (exact) mass is 223 g/mol. The van der Waals surface area contributed by atoms with Crippen LogP contribution in [0.15, 0.2) is 28.9 Å². The second kappa shape index (κ2) is 5.66. The molecule has 0 bridgehead atoms. The van der Waals surface area contributed by atoms with Crippen molar-refractivity contribution >= 4 is 11.0 Å². The van der Waals surface area contributed by atoms with Gasteiger partial charge in [0.2, 0.25) is 0 Å². The second-order valence-corrected chi connectivity index (χ2v) is 4.19. The summed E-state index contributed by atoms with van der Waals surface area (Å²) in [6, 6.07) is 4.51. The second-order valence-electron chi connectivity index (χ2n) is 4.19. The molecule has 2 aromatic rings. The van der Waals surface area contributed by atoms with E-state index in [1.165, 1.54) is 12.1 Å². The zero-order chi connectivity index (χ0) is 12.1. The van der Waals surface area contributed by atoms with Crippen molar-refractivity contribution in [1.29, 1.82) is 0 Å². The molecule has 0 atom stereocenters. The van der Waals surface area contributed by atoms with Crippen molar-refractivity contribution in [2.75, 3.05) is 6.54 Å². The Balaban J connectivity index is 0.000000221. The summed E-state index contributed by atoms with van der Waals surface area (Å²) in [5.74, 6) is 0.442. The highest BCUT2D eigenvalue weighted by Crippen LogP contribution is 2.20. The van der Waals surface area contributed by atoms with Crippen LogP contribution < -0.4 is 5.73 Å². The molecule has 0 saturated carbocycles. The van der Waals surface area contributed by atoms with Crippen LogP contribution in [-0.4, -0.2) is 6.54 Å². The first-order chi connectivity index (χ1) is 7.54. The lowest BCUT2D eigenvalue weighted by atomic mass is 10.2. The summed E-state index contributed by atoms with van der Waals surface area (Å²) < 4.78 is 17.8. The van der Waals surface area contributed by atoms with Gasteiger partial charge in [0, 0.05) is 5.39 Å². The van der Waals surface area contributed by atoms with E-state index in [-0.39, 0.29) is 5.82 Å². The Hall–Kier alpha value is -1.35. The lowest BCUT2D eigenvalue weighted by Crippen LogP contribution is -2.05. The Bertz CT molecular complexity index is 448. The van der Waals surface area contributed by atoms with Crippen molar-refractivity contribution in [2.24, 2.45) is 11.7 Å². The minimum atomic E-state index is -0.220. The molecule has 2 N–H and O–H groups in total. The Morgan fingerprint density at radius 2 is 2.00 bits per heavy atom. The van der Waals surface area contributed by atoms with Gasteiger partial charge >= 0.3 is 0 Å². The number of hydrogen-bond donors (Lipinski definition) is 1. The number of aryl methyl sites for hydroxylation is 1. The first kappa shape index (κ1) is 12.7. The number of rotatable bonds is 1. The van der Waals surface area contributed by atoms with Crippen molar-refractivity contribution < 1.29 is 8.81 Å². The van der Waals surface area contributed by atoms with Crippen LogP contribution in [0.5, 0.6) is 0 Å². The summed E-state index contributed by atoms with van der Waals surface area (Å²) in [6.45, 7) is 6.89. The Labute approximate surface area is 95.2 Å². The zero-order valence-corrected chi connectivity index (χ0v) is 9.96. The summed E-state index contributed by atoms with van der Waals surface area (Å²) in [5.41, 5.74) is 6.88. The molecule has 88 valence electrons. The number of hydrogen-bond acceptors (Lipinski definition) is 2. The molecule has 0 aliphatic rings. The largest absolute Gasteiger partial charge is 0.464 e. The summed E-state index contributed by atoms with van der Waals surface area (Å²) in [4.78, 5) is 0. The predicted octanol–water partition coefficient (Wildman–Crippen LogP) is 3.48. The summed E-state index contributed by atoms with van der Waals surface area (Å²) in [5, 5.41) is 0.852. The van der Waals surface area contributed by atoms with E-state index in [4.69, 9.17) is 10.2 Å². The van der Waals surface area contributed by atoms with Crippen LogP contribution >= 0.6 is 0 Å². The maximum Gasteiger partial charge on any atom is 0.134 e. The van der Waals surface area contributed by atoms with Crippen molar-refractivity contribution in [3.05, 3.63) is 35.8 Å². The fourth-order valence-corrected chi connectivity index (χ4v) is 1.13. The fourth-order valence-electron chi connectivity index (χ4n) is 1.13. The van der Waals surface area contributed by atoms with E-state index >= 15 is 0 Å². The Morgan fingerprint density at radius 1 is 1.38 bits per heavy atom. The van der Waals surface area contributed by atoms with Crippen molar-refractivity contribution in [2.45, 2.75) is 20.8 Å². The molecule has 0 radical (unpaired) electrons. The zero-order valence-electron chi connectivity index (χ0n) is 9.96. The van der Waals surface area contributed by atoms with Crippen LogP contribution in [0, 0.1) is 18.7 Å². The molecule has 2 nitrogen and oxygen atoms in total. The molecular weight excluding hydrogens is 205 g/mol. The van der Waals surface area contributed by atoms with E-state index in [0.717, 1.165) is 23.1 Å². The molecule has 0 amide bonds. The molecule has 1 aromatic carbocycles. The van der Waals surface area contributed by atoms with Crippen LogP contribution in [-0.2, 0) is 0 Å². The van der Waals surface area contributed by atoms with Crippen molar-refractivity contribution in [3.8, 4) is 0 Å². The lowest BCUT2D eigenvalue weighted by Gasteiger charge is -1.91. The first-order valence-corrected chi connectivity index (χ1v) is 5.38. The summed E-state index contributed by atoms with van der Waals surface area (Å²) >= 11 is 0. The maximum atomic E-state index is 12.7. The molecule has 0 saturated heterocycles. The van der Waals surface area contributed by atoms with E-state index in [1.54, 1.807) is 12.3 Å². The van der Waals surface area contributed by atoms with Gasteiger partial charge in [0.25, 0.3) is 0 Å². The van der Waals surface area contributed by atoms with E-state index in [1.807, 2.05) is 6.92 Å². The minimum absolute atomic E-state index is 0.220. The lowest BCUT2D eigenvalue weighted by molar-refractivity contribution is 0.608. The third-order valence-corrected chi connectivity index (χ3v) is 2.20. The molecule has 3 heteroatoms. The smallest absolute Gasteiger partial charge is 0.134 e. The predicted molar refractivity (Wildman–Crippen MR) is 64.8 cm³/mol. The van der Waals surface area contributed by atoms with Gasteiger partial charge in [-0.15, -0.1) is 0 Å². The molecule has 0 aliphatic heterocycles. The van der Waals surface area contributed by atoms with Gasteiger partial charge in [-0.05, 0) is 43.1 Å². The third-order valence-electron chi connectivity index (χ3n) is 2.20. The van der Waals surface area contributed by atoms with E-state index in [9.17, 15) is 4.39 Å². The average Bonchev–Trinajstić information content (AvgIpc) is 2.61.